The molecule has 0 radical (unpaired) electrons. The number of primary amides is 1. The summed E-state index contributed by atoms with van der Waals surface area (Å²) < 4.78 is 7.55. The molecule has 0 aliphatic carbocycles. The molecule has 6 heteroatoms. The van der Waals surface area contributed by atoms with Crippen molar-refractivity contribution in [3.63, 3.8) is 0 Å². The molecule has 140 valence electrons. The summed E-state index contributed by atoms with van der Waals surface area (Å²) in [5, 5.41) is 10.5. The predicted molar refractivity (Wildman–Crippen MR) is 107 cm³/mol. The molecule has 3 aromatic carbocycles. The number of aliphatic carboxylic acids is 1. The predicted octanol–water partition coefficient (Wildman–Crippen LogP) is 3.41. The van der Waals surface area contributed by atoms with Gasteiger partial charge in [0.15, 0.2) is 6.61 Å². The lowest BCUT2D eigenvalue weighted by Gasteiger charge is -2.10. The van der Waals surface area contributed by atoms with Gasteiger partial charge in [0.1, 0.15) is 5.75 Å². The zero-order chi connectivity index (χ0) is 19.7. The number of hydrogen-bond donors (Lipinski definition) is 2. The zero-order valence-corrected chi connectivity index (χ0v) is 15.0. The van der Waals surface area contributed by atoms with Gasteiger partial charge in [0.2, 0.25) is 0 Å². The van der Waals surface area contributed by atoms with E-state index >= 15 is 0 Å². The summed E-state index contributed by atoms with van der Waals surface area (Å²) in [6.45, 7) is 0.0908. The number of benzene rings is 3. The summed E-state index contributed by atoms with van der Waals surface area (Å²) in [6, 6.07) is 20.7. The number of ether oxygens (including phenoxy) is 1. The minimum absolute atomic E-state index is 0.411. The molecule has 0 aliphatic rings. The van der Waals surface area contributed by atoms with Crippen LogP contribution in [0.15, 0.2) is 66.7 Å². The molecule has 0 spiro atoms. The third-order valence-electron chi connectivity index (χ3n) is 4.67. The number of carboxylic acid groups (broad SMARTS) is 1. The fraction of sp³-hybridized carbons (Fsp3) is 0.0909. The number of carbonyl (C=O) groups is 2. The molecular formula is C22H18N2O4. The first-order valence-electron chi connectivity index (χ1n) is 8.78. The molecule has 0 fully saturated rings. The van der Waals surface area contributed by atoms with Gasteiger partial charge >= 0.3 is 5.97 Å². The molecule has 4 rings (SSSR count). The molecule has 28 heavy (non-hydrogen) atoms. The van der Waals surface area contributed by atoms with E-state index in [2.05, 4.69) is 0 Å². The van der Waals surface area contributed by atoms with E-state index in [1.54, 1.807) is 18.2 Å². The number of nitrogens with two attached hydrogens (primary N) is 1. The third-order valence-corrected chi connectivity index (χ3v) is 4.67. The first-order valence-corrected chi connectivity index (χ1v) is 8.78. The maximum Gasteiger partial charge on any atom is 0.341 e. The molecule has 0 aliphatic heterocycles. The van der Waals surface area contributed by atoms with Crippen LogP contribution in [0, 0.1) is 0 Å². The summed E-state index contributed by atoms with van der Waals surface area (Å²) >= 11 is 0. The van der Waals surface area contributed by atoms with Crippen molar-refractivity contribution in [2.24, 2.45) is 5.73 Å². The molecule has 1 aromatic heterocycles. The van der Waals surface area contributed by atoms with Crippen LogP contribution in [0.3, 0.4) is 0 Å². The minimum atomic E-state index is -1.05. The van der Waals surface area contributed by atoms with Gasteiger partial charge in [0.05, 0.1) is 16.6 Å². The average Bonchev–Trinajstić information content (AvgIpc) is 3.01. The second-order valence-electron chi connectivity index (χ2n) is 6.47. The van der Waals surface area contributed by atoms with Crippen molar-refractivity contribution < 1.29 is 19.4 Å². The lowest BCUT2D eigenvalue weighted by atomic mass is 10.1. The van der Waals surface area contributed by atoms with Gasteiger partial charge in [-0.2, -0.15) is 0 Å². The Bertz CT molecular complexity index is 1200. The van der Waals surface area contributed by atoms with Gasteiger partial charge in [0.25, 0.3) is 5.91 Å². The largest absolute Gasteiger partial charge is 0.481 e. The molecule has 4 aromatic rings. The number of para-hydroxylation sites is 1. The number of fused-ring (bicyclic) bond motifs is 3. The lowest BCUT2D eigenvalue weighted by molar-refractivity contribution is -0.139. The number of carboxylic acids is 1. The van der Waals surface area contributed by atoms with Crippen molar-refractivity contribution in [3.8, 4) is 5.75 Å². The minimum Gasteiger partial charge on any atom is -0.481 e. The Hall–Kier alpha value is -3.80. The topological polar surface area (TPSA) is 94.6 Å². The molecule has 0 saturated carbocycles. The Morgan fingerprint density at radius 2 is 1.71 bits per heavy atom. The number of hydrogen-bond acceptors (Lipinski definition) is 3. The fourth-order valence-electron chi connectivity index (χ4n) is 3.56. The van der Waals surface area contributed by atoms with Crippen LogP contribution in [0.4, 0.5) is 0 Å². The normalized spacial score (nSPS) is 11.0. The van der Waals surface area contributed by atoms with Crippen LogP contribution in [-0.2, 0) is 11.3 Å². The van der Waals surface area contributed by atoms with Crippen molar-refractivity contribution in [1.29, 1.82) is 0 Å². The standard InChI is InChI=1S/C22H18N2O4/c23-22(27)16-9-4-8-15-20-17(10-5-11-18(20)28-13-19(25)26)24(21(15)16)12-14-6-2-1-3-7-14/h1-11H,12-13H2,(H2,23,27)(H,25,26). The highest BCUT2D eigenvalue weighted by atomic mass is 16.5. The van der Waals surface area contributed by atoms with Crippen LogP contribution < -0.4 is 10.5 Å². The smallest absolute Gasteiger partial charge is 0.341 e. The summed E-state index contributed by atoms with van der Waals surface area (Å²) in [5.74, 6) is -1.11. The van der Waals surface area contributed by atoms with Gasteiger partial charge in [-0.3, -0.25) is 4.79 Å². The summed E-state index contributed by atoms with van der Waals surface area (Å²) in [7, 11) is 0. The zero-order valence-electron chi connectivity index (χ0n) is 15.0. The van der Waals surface area contributed by atoms with E-state index in [9.17, 15) is 9.59 Å². The second-order valence-corrected chi connectivity index (χ2v) is 6.47. The van der Waals surface area contributed by atoms with Crippen LogP contribution in [0.5, 0.6) is 5.75 Å². The summed E-state index contributed by atoms with van der Waals surface area (Å²) in [4.78, 5) is 23.1. The fourth-order valence-corrected chi connectivity index (χ4v) is 3.56. The average molecular weight is 374 g/mol. The van der Waals surface area contributed by atoms with E-state index in [4.69, 9.17) is 15.6 Å². The Kier molecular flexibility index (Phi) is 4.45. The number of amides is 1. The van der Waals surface area contributed by atoms with Gasteiger partial charge < -0.3 is 20.1 Å². The van der Waals surface area contributed by atoms with Crippen LogP contribution in [-0.4, -0.2) is 28.2 Å². The highest BCUT2D eigenvalue weighted by molar-refractivity contribution is 6.17. The Morgan fingerprint density at radius 3 is 2.43 bits per heavy atom. The van der Waals surface area contributed by atoms with Crippen LogP contribution in [0.25, 0.3) is 21.8 Å². The van der Waals surface area contributed by atoms with Crippen LogP contribution in [0.2, 0.25) is 0 Å². The summed E-state index contributed by atoms with van der Waals surface area (Å²) in [6.07, 6.45) is 0. The van der Waals surface area contributed by atoms with E-state index in [0.29, 0.717) is 23.4 Å². The Labute approximate surface area is 160 Å². The highest BCUT2D eigenvalue weighted by Crippen LogP contribution is 2.37. The Morgan fingerprint density at radius 1 is 0.964 bits per heavy atom. The molecule has 1 heterocycles. The van der Waals surface area contributed by atoms with Crippen molar-refractivity contribution in [1.82, 2.24) is 4.57 Å². The Balaban J connectivity index is 2.03. The first-order chi connectivity index (χ1) is 13.6. The van der Waals surface area contributed by atoms with Gasteiger partial charge in [-0.05, 0) is 23.8 Å². The summed E-state index contributed by atoms with van der Waals surface area (Å²) in [5.41, 5.74) is 8.67. The van der Waals surface area contributed by atoms with Crippen molar-refractivity contribution in [2.45, 2.75) is 6.54 Å². The SMILES string of the molecule is NC(=O)c1cccc2c3c(OCC(=O)O)cccc3n(Cc3ccccc3)c12. The maximum atomic E-state index is 12.1. The van der Waals surface area contributed by atoms with Crippen LogP contribution in [0.1, 0.15) is 15.9 Å². The lowest BCUT2D eigenvalue weighted by Crippen LogP contribution is -2.13. The number of carbonyl (C=O) groups excluding carboxylic acids is 1. The number of rotatable bonds is 6. The van der Waals surface area contributed by atoms with Gasteiger partial charge in [-0.1, -0.05) is 48.5 Å². The van der Waals surface area contributed by atoms with E-state index in [1.807, 2.05) is 53.1 Å². The molecule has 0 atom stereocenters. The van der Waals surface area contributed by atoms with E-state index < -0.39 is 18.5 Å². The first kappa shape index (κ1) is 17.6. The van der Waals surface area contributed by atoms with Crippen molar-refractivity contribution in [3.05, 3.63) is 77.9 Å². The molecule has 3 N–H and O–H groups in total. The van der Waals surface area contributed by atoms with E-state index in [0.717, 1.165) is 21.9 Å². The molecule has 0 saturated heterocycles. The molecule has 6 nitrogen and oxygen atoms in total. The molecular weight excluding hydrogens is 356 g/mol. The van der Waals surface area contributed by atoms with E-state index in [1.165, 1.54) is 0 Å². The number of nitrogens with zero attached hydrogens (tertiary/aromatic N) is 1. The monoisotopic (exact) mass is 374 g/mol. The third kappa shape index (κ3) is 3.05. The van der Waals surface area contributed by atoms with Gasteiger partial charge in [-0.25, -0.2) is 4.79 Å². The van der Waals surface area contributed by atoms with Crippen LogP contribution >= 0.6 is 0 Å². The molecule has 0 bridgehead atoms. The second kappa shape index (κ2) is 7.08. The number of aromatic nitrogens is 1. The quantitative estimate of drug-likeness (QED) is 0.541. The van der Waals surface area contributed by atoms with Gasteiger partial charge in [0, 0.05) is 17.3 Å². The highest BCUT2D eigenvalue weighted by Gasteiger charge is 2.19. The van der Waals surface area contributed by atoms with Crippen molar-refractivity contribution >= 4 is 33.7 Å². The maximum absolute atomic E-state index is 12.1. The molecule has 0 unspecified atom stereocenters. The van der Waals surface area contributed by atoms with Crippen molar-refractivity contribution in [2.75, 3.05) is 6.61 Å². The van der Waals surface area contributed by atoms with E-state index in [-0.39, 0.29) is 0 Å². The molecule has 1 amide bonds. The van der Waals surface area contributed by atoms with Gasteiger partial charge in [-0.15, -0.1) is 0 Å².